The summed E-state index contributed by atoms with van der Waals surface area (Å²) in [4.78, 5) is 46.2. The lowest BCUT2D eigenvalue weighted by atomic mass is 10.1. The lowest BCUT2D eigenvalue weighted by molar-refractivity contribution is -0.146. The van der Waals surface area contributed by atoms with Crippen LogP contribution in [0.5, 0.6) is 0 Å². The number of likely N-dealkylation sites (N-methyl/N-ethyl adjacent to an activating group) is 1. The van der Waals surface area contributed by atoms with E-state index in [0.29, 0.717) is 46.4 Å². The van der Waals surface area contributed by atoms with E-state index in [1.807, 2.05) is 12.1 Å². The van der Waals surface area contributed by atoms with Crippen LogP contribution >= 0.6 is 27.5 Å². The minimum Gasteiger partial charge on any atom is -0.351 e. The number of carbonyl (C=O) groups excluding carboxylic acids is 2. The number of rotatable bonds is 4. The van der Waals surface area contributed by atoms with E-state index in [0.717, 1.165) is 29.3 Å². The molecule has 190 valence electrons. The number of hydrogen-bond acceptors (Lipinski definition) is 8. The predicted molar refractivity (Wildman–Crippen MR) is 141 cm³/mol. The number of halogens is 2. The maximum absolute atomic E-state index is 13.0. The van der Waals surface area contributed by atoms with Crippen molar-refractivity contribution < 1.29 is 9.59 Å². The molecule has 2 amide bonds. The number of fused-ring (bicyclic) bond motifs is 2. The molecule has 1 aliphatic carbocycles. The van der Waals surface area contributed by atoms with E-state index in [2.05, 4.69) is 41.3 Å². The summed E-state index contributed by atoms with van der Waals surface area (Å²) in [7, 11) is 1.77. The molecule has 4 aromatic heterocycles. The van der Waals surface area contributed by atoms with Gasteiger partial charge in [-0.15, -0.1) is 0 Å². The molecule has 0 unspecified atom stereocenters. The number of pyridine rings is 2. The monoisotopic (exact) mass is 583 g/mol. The van der Waals surface area contributed by atoms with E-state index in [4.69, 9.17) is 16.6 Å². The van der Waals surface area contributed by atoms with Crippen molar-refractivity contribution in [2.75, 3.05) is 32.0 Å². The van der Waals surface area contributed by atoms with Crippen LogP contribution in [-0.4, -0.2) is 84.1 Å². The summed E-state index contributed by atoms with van der Waals surface area (Å²) in [5.74, 6) is 0.401. The molecule has 2 fully saturated rings. The second-order valence-corrected chi connectivity index (χ2v) is 10.5. The standard InChI is InChI=1S/C24H23BrClN9O2/c1-33-6-7-34(12-18(33)36)23(37)14-2-3-15(8-14)30-24-29-11-17-20(25)32-35(22(17)31-24)16-9-13-4-5-27-21(26)19(13)28-10-16/h4-5,9-11,14-15H,2-3,6-8,12H2,1H3,(H,29,30,31)/t14-,15-/m1/s1. The Morgan fingerprint density at radius 3 is 2.89 bits per heavy atom. The van der Waals surface area contributed by atoms with Gasteiger partial charge in [0, 0.05) is 49.9 Å². The molecule has 6 rings (SSSR count). The first-order chi connectivity index (χ1) is 17.9. The lowest BCUT2D eigenvalue weighted by Crippen LogP contribution is -2.52. The van der Waals surface area contributed by atoms with E-state index >= 15 is 0 Å². The number of hydrogen-bond donors (Lipinski definition) is 1. The Bertz CT molecular complexity index is 1540. The molecule has 1 aliphatic heterocycles. The molecule has 37 heavy (non-hydrogen) atoms. The SMILES string of the molecule is CN1CCN(C(=O)[C@@H]2CC[C@@H](Nc3ncc4c(Br)nn(-c5cnc6c(Cl)nccc6c5)c4n3)C2)CC1=O. The van der Waals surface area contributed by atoms with Gasteiger partial charge in [0.25, 0.3) is 0 Å². The van der Waals surface area contributed by atoms with Crippen molar-refractivity contribution in [3.8, 4) is 5.69 Å². The molecule has 5 heterocycles. The summed E-state index contributed by atoms with van der Waals surface area (Å²) in [6.45, 7) is 1.32. The first kappa shape index (κ1) is 24.0. The van der Waals surface area contributed by atoms with Gasteiger partial charge in [-0.05, 0) is 47.3 Å². The second kappa shape index (κ2) is 9.49. The minimum atomic E-state index is -0.109. The molecule has 4 aromatic rings. The van der Waals surface area contributed by atoms with Gasteiger partial charge in [-0.2, -0.15) is 10.1 Å². The van der Waals surface area contributed by atoms with Gasteiger partial charge in [-0.25, -0.2) is 14.6 Å². The third-order valence-electron chi connectivity index (χ3n) is 7.05. The topological polar surface area (TPSA) is 122 Å². The number of carbonyl (C=O) groups is 2. The highest BCUT2D eigenvalue weighted by Gasteiger charge is 2.35. The van der Waals surface area contributed by atoms with Crippen LogP contribution in [0, 0.1) is 5.92 Å². The van der Waals surface area contributed by atoms with Gasteiger partial charge in [0.1, 0.15) is 10.1 Å². The maximum atomic E-state index is 13.0. The zero-order valence-corrected chi connectivity index (χ0v) is 22.3. The number of nitrogens with one attached hydrogen (secondary N) is 1. The molecule has 1 N–H and O–H groups in total. The number of amides is 2. The molecule has 2 atom stereocenters. The van der Waals surface area contributed by atoms with Crippen molar-refractivity contribution in [3.05, 3.63) is 40.5 Å². The quantitative estimate of drug-likeness (QED) is 0.363. The van der Waals surface area contributed by atoms with E-state index in [1.54, 1.807) is 40.1 Å². The van der Waals surface area contributed by atoms with Crippen molar-refractivity contribution in [1.29, 1.82) is 0 Å². The fourth-order valence-corrected chi connectivity index (χ4v) is 5.62. The molecule has 0 spiro atoms. The van der Waals surface area contributed by atoms with Gasteiger partial charge in [-0.3, -0.25) is 14.6 Å². The Morgan fingerprint density at radius 1 is 1.19 bits per heavy atom. The van der Waals surface area contributed by atoms with Gasteiger partial charge < -0.3 is 15.1 Å². The summed E-state index contributed by atoms with van der Waals surface area (Å²) >= 11 is 9.68. The third kappa shape index (κ3) is 4.48. The predicted octanol–water partition coefficient (Wildman–Crippen LogP) is 3.06. The average molecular weight is 585 g/mol. The molecule has 1 saturated carbocycles. The van der Waals surface area contributed by atoms with Crippen molar-refractivity contribution in [2.45, 2.75) is 25.3 Å². The fourth-order valence-electron chi connectivity index (χ4n) is 4.97. The summed E-state index contributed by atoms with van der Waals surface area (Å²) in [5, 5.41) is 9.94. The van der Waals surface area contributed by atoms with Crippen molar-refractivity contribution >= 4 is 67.2 Å². The molecule has 1 saturated heterocycles. The maximum Gasteiger partial charge on any atom is 0.241 e. The van der Waals surface area contributed by atoms with Gasteiger partial charge >= 0.3 is 0 Å². The van der Waals surface area contributed by atoms with Gasteiger partial charge in [0.15, 0.2) is 10.8 Å². The number of nitrogens with zero attached hydrogens (tertiary/aromatic N) is 8. The highest BCUT2D eigenvalue weighted by molar-refractivity contribution is 9.10. The molecule has 0 aromatic carbocycles. The smallest absolute Gasteiger partial charge is 0.241 e. The molecule has 2 aliphatic rings. The minimum absolute atomic E-state index is 0.0156. The van der Waals surface area contributed by atoms with Crippen LogP contribution in [0.2, 0.25) is 5.15 Å². The molecule has 11 nitrogen and oxygen atoms in total. The summed E-state index contributed by atoms with van der Waals surface area (Å²) < 4.78 is 2.33. The Balaban J connectivity index is 1.21. The summed E-state index contributed by atoms with van der Waals surface area (Å²) in [5.41, 5.74) is 1.96. The molecular formula is C24H23BrClN9O2. The fraction of sp³-hybridized carbons (Fsp3) is 0.375. The second-order valence-electron chi connectivity index (χ2n) is 9.43. The highest BCUT2D eigenvalue weighted by atomic mass is 79.9. The zero-order valence-electron chi connectivity index (χ0n) is 19.9. The summed E-state index contributed by atoms with van der Waals surface area (Å²) in [6.07, 6.45) is 7.31. The van der Waals surface area contributed by atoms with Crippen LogP contribution in [0.25, 0.3) is 27.6 Å². The van der Waals surface area contributed by atoms with Crippen molar-refractivity contribution in [2.24, 2.45) is 5.92 Å². The van der Waals surface area contributed by atoms with Gasteiger partial charge in [0.2, 0.25) is 17.8 Å². The Morgan fingerprint density at radius 2 is 2.05 bits per heavy atom. The van der Waals surface area contributed by atoms with Crippen LogP contribution < -0.4 is 5.32 Å². The normalized spacial score (nSPS) is 20.2. The first-order valence-electron chi connectivity index (χ1n) is 12.0. The first-order valence-corrected chi connectivity index (χ1v) is 13.2. The Kier molecular flexibility index (Phi) is 6.15. The molecule has 0 radical (unpaired) electrons. The summed E-state index contributed by atoms with van der Waals surface area (Å²) in [6, 6.07) is 3.84. The number of piperazine rings is 1. The molecular weight excluding hydrogens is 562 g/mol. The van der Waals surface area contributed by atoms with Gasteiger partial charge in [0.05, 0.1) is 23.8 Å². The van der Waals surface area contributed by atoms with Crippen LogP contribution in [-0.2, 0) is 9.59 Å². The lowest BCUT2D eigenvalue weighted by Gasteiger charge is -2.33. The zero-order chi connectivity index (χ0) is 25.7. The van der Waals surface area contributed by atoms with Crippen molar-refractivity contribution in [1.82, 2.24) is 39.5 Å². The number of anilines is 1. The third-order valence-corrected chi connectivity index (χ3v) is 7.91. The van der Waals surface area contributed by atoms with Crippen LogP contribution in [0.15, 0.2) is 35.3 Å². The largest absolute Gasteiger partial charge is 0.351 e. The van der Waals surface area contributed by atoms with E-state index in [9.17, 15) is 9.59 Å². The van der Waals surface area contributed by atoms with Gasteiger partial charge in [-0.1, -0.05) is 11.6 Å². The van der Waals surface area contributed by atoms with Crippen LogP contribution in [0.3, 0.4) is 0 Å². The molecule has 13 heteroatoms. The Labute approximate surface area is 225 Å². The van der Waals surface area contributed by atoms with Crippen LogP contribution in [0.1, 0.15) is 19.3 Å². The molecule has 0 bridgehead atoms. The van der Waals surface area contributed by atoms with Crippen LogP contribution in [0.4, 0.5) is 5.95 Å². The Hall–Kier alpha value is -3.38. The van der Waals surface area contributed by atoms with E-state index in [1.165, 1.54) is 0 Å². The van der Waals surface area contributed by atoms with Crippen molar-refractivity contribution in [3.63, 3.8) is 0 Å². The van der Waals surface area contributed by atoms with E-state index < -0.39 is 0 Å². The average Bonchev–Trinajstić information content (AvgIpc) is 3.49. The highest BCUT2D eigenvalue weighted by Crippen LogP contribution is 2.31. The van der Waals surface area contributed by atoms with E-state index in [-0.39, 0.29) is 30.3 Å². The number of aromatic nitrogens is 6.